The summed E-state index contributed by atoms with van der Waals surface area (Å²) in [7, 11) is -4.05. The molecule has 0 fully saturated rings. The maximum absolute atomic E-state index is 13.7. The minimum atomic E-state index is -4.05. The van der Waals surface area contributed by atoms with Crippen molar-refractivity contribution in [2.75, 3.05) is 6.54 Å². The van der Waals surface area contributed by atoms with Gasteiger partial charge in [0, 0.05) is 38.0 Å². The van der Waals surface area contributed by atoms with Crippen LogP contribution in [-0.2, 0) is 54.6 Å². The highest BCUT2D eigenvalue weighted by atomic mass is 32.2. The van der Waals surface area contributed by atoms with E-state index in [1.807, 2.05) is 24.3 Å². The van der Waals surface area contributed by atoms with Crippen molar-refractivity contribution in [1.82, 2.24) is 26.0 Å². The van der Waals surface area contributed by atoms with Crippen molar-refractivity contribution in [2.45, 2.75) is 63.2 Å². The van der Waals surface area contributed by atoms with Crippen molar-refractivity contribution in [2.24, 2.45) is 5.73 Å². The van der Waals surface area contributed by atoms with Gasteiger partial charge in [-0.2, -0.15) is 0 Å². The van der Waals surface area contributed by atoms with E-state index >= 15 is 0 Å². The summed E-state index contributed by atoms with van der Waals surface area (Å²) in [5.74, 6) is -2.42. The monoisotopic (exact) mass is 675 g/mol. The largest absolute Gasteiger partial charge is 0.384 e. The van der Waals surface area contributed by atoms with E-state index in [-0.39, 0.29) is 62.8 Å². The number of nitrogens with two attached hydrogens (primary N) is 1. The number of sulfonamides is 1. The summed E-state index contributed by atoms with van der Waals surface area (Å²) >= 11 is 0. The summed E-state index contributed by atoms with van der Waals surface area (Å²) < 4.78 is 28.8. The maximum Gasteiger partial charge on any atom is 0.242 e. The van der Waals surface area contributed by atoms with Crippen LogP contribution in [0.4, 0.5) is 0 Å². The van der Waals surface area contributed by atoms with E-state index in [2.05, 4.69) is 26.0 Å². The summed E-state index contributed by atoms with van der Waals surface area (Å²) in [6.45, 7) is 0.766. The Morgan fingerprint density at radius 1 is 0.854 bits per heavy atom. The SMILES string of the molecule is N=C(N)c1ccc(CNC(=O)C2CCC(=O)CNCc3cccc(c3)CNC(=O)CCC(NS(=O)(=O)Cc3ccccc3)C(=O)N2)cc1. The Hall–Kier alpha value is -4.92. The molecular weight excluding hydrogens is 634 g/mol. The average molecular weight is 676 g/mol. The highest BCUT2D eigenvalue weighted by Crippen LogP contribution is 2.11. The molecule has 0 aromatic heterocycles. The van der Waals surface area contributed by atoms with E-state index < -0.39 is 39.7 Å². The molecule has 8 N–H and O–H groups in total. The Morgan fingerprint density at radius 3 is 2.27 bits per heavy atom. The summed E-state index contributed by atoms with van der Waals surface area (Å²) in [6, 6.07) is 20.1. The molecule has 0 aliphatic carbocycles. The third-order valence-corrected chi connectivity index (χ3v) is 9.06. The van der Waals surface area contributed by atoms with Crippen molar-refractivity contribution < 1.29 is 27.6 Å². The van der Waals surface area contributed by atoms with Crippen LogP contribution in [0.2, 0.25) is 0 Å². The molecule has 0 saturated heterocycles. The van der Waals surface area contributed by atoms with Gasteiger partial charge in [-0.15, -0.1) is 0 Å². The molecule has 13 nitrogen and oxygen atoms in total. The average Bonchev–Trinajstić information content (AvgIpc) is 3.06. The second-order valence-corrected chi connectivity index (χ2v) is 13.4. The fraction of sp³-hybridized carbons (Fsp3) is 0.324. The van der Waals surface area contributed by atoms with Crippen molar-refractivity contribution in [3.05, 3.63) is 107 Å². The lowest BCUT2D eigenvalue weighted by Crippen LogP contribution is -2.54. The van der Waals surface area contributed by atoms with Gasteiger partial charge < -0.3 is 27.0 Å². The van der Waals surface area contributed by atoms with Gasteiger partial charge in [0.15, 0.2) is 0 Å². The fourth-order valence-corrected chi connectivity index (χ4v) is 6.48. The Labute approximate surface area is 280 Å². The number of carbonyl (C=O) groups excluding carboxylic acids is 4. The van der Waals surface area contributed by atoms with Crippen molar-refractivity contribution in [3.63, 3.8) is 0 Å². The first-order chi connectivity index (χ1) is 23.0. The topological polar surface area (TPSA) is 212 Å². The Morgan fingerprint density at radius 2 is 1.56 bits per heavy atom. The number of benzene rings is 3. The first-order valence-corrected chi connectivity index (χ1v) is 17.2. The lowest BCUT2D eigenvalue weighted by molar-refractivity contribution is -0.131. The lowest BCUT2D eigenvalue weighted by atomic mass is 10.0. The Kier molecular flexibility index (Phi) is 12.9. The predicted molar refractivity (Wildman–Crippen MR) is 181 cm³/mol. The number of nitrogen functional groups attached to an aromatic ring is 1. The third-order valence-electron chi connectivity index (χ3n) is 7.71. The first-order valence-electron chi connectivity index (χ1n) is 15.6. The van der Waals surface area contributed by atoms with E-state index in [9.17, 15) is 27.6 Å². The zero-order valence-electron chi connectivity index (χ0n) is 26.5. The molecule has 1 aliphatic heterocycles. The number of hydrogen-bond donors (Lipinski definition) is 7. The van der Waals surface area contributed by atoms with Gasteiger partial charge in [0.2, 0.25) is 27.7 Å². The number of ketones is 1. The number of amides is 3. The molecule has 0 spiro atoms. The van der Waals surface area contributed by atoms with Gasteiger partial charge in [-0.1, -0.05) is 78.9 Å². The number of nitrogens with one attached hydrogen (secondary N) is 6. The second kappa shape index (κ2) is 17.3. The summed E-state index contributed by atoms with van der Waals surface area (Å²) in [6.07, 6.45) is -0.420. The van der Waals surface area contributed by atoms with Crippen LogP contribution in [0.5, 0.6) is 0 Å². The molecule has 14 heteroatoms. The van der Waals surface area contributed by atoms with Gasteiger partial charge in [0.1, 0.15) is 23.7 Å². The van der Waals surface area contributed by atoms with Gasteiger partial charge in [0.05, 0.1) is 12.3 Å². The van der Waals surface area contributed by atoms with Crippen molar-refractivity contribution in [3.8, 4) is 0 Å². The van der Waals surface area contributed by atoms with Crippen LogP contribution in [0.15, 0.2) is 78.9 Å². The van der Waals surface area contributed by atoms with Crippen LogP contribution in [-0.4, -0.2) is 56.4 Å². The van der Waals surface area contributed by atoms with Gasteiger partial charge in [-0.25, -0.2) is 13.1 Å². The van der Waals surface area contributed by atoms with Gasteiger partial charge >= 0.3 is 0 Å². The van der Waals surface area contributed by atoms with Gasteiger partial charge in [0.25, 0.3) is 0 Å². The molecule has 3 aromatic rings. The summed E-state index contributed by atoms with van der Waals surface area (Å²) in [5, 5.41) is 18.8. The minimum Gasteiger partial charge on any atom is -0.384 e. The zero-order chi connectivity index (χ0) is 34.5. The highest BCUT2D eigenvalue weighted by Gasteiger charge is 2.30. The molecule has 0 radical (unpaired) electrons. The highest BCUT2D eigenvalue weighted by molar-refractivity contribution is 7.88. The van der Waals surface area contributed by atoms with Crippen LogP contribution >= 0.6 is 0 Å². The molecular formula is C34H41N7O6S. The molecule has 48 heavy (non-hydrogen) atoms. The summed E-state index contributed by atoms with van der Waals surface area (Å²) in [5.41, 5.74) is 9.02. The van der Waals surface area contributed by atoms with E-state index in [1.165, 1.54) is 0 Å². The van der Waals surface area contributed by atoms with E-state index in [0.29, 0.717) is 23.2 Å². The molecule has 2 atom stereocenters. The zero-order valence-corrected chi connectivity index (χ0v) is 27.3. The second-order valence-electron chi connectivity index (χ2n) is 11.6. The molecule has 0 saturated carbocycles. The molecule has 4 rings (SSSR count). The van der Waals surface area contributed by atoms with Crippen LogP contribution in [0.3, 0.4) is 0 Å². The maximum atomic E-state index is 13.7. The van der Waals surface area contributed by atoms with Crippen LogP contribution in [0.25, 0.3) is 0 Å². The third kappa shape index (κ3) is 11.7. The smallest absolute Gasteiger partial charge is 0.242 e. The quantitative estimate of drug-likeness (QED) is 0.135. The number of rotatable bonds is 8. The molecule has 1 heterocycles. The van der Waals surface area contributed by atoms with Crippen LogP contribution in [0, 0.1) is 5.41 Å². The van der Waals surface area contributed by atoms with E-state index in [4.69, 9.17) is 11.1 Å². The molecule has 3 aromatic carbocycles. The van der Waals surface area contributed by atoms with Crippen molar-refractivity contribution in [1.29, 1.82) is 5.41 Å². The lowest BCUT2D eigenvalue weighted by Gasteiger charge is -2.23. The number of amidine groups is 1. The Balaban J connectivity index is 1.54. The number of Topliss-reactive ketones (excluding diaryl/α,β-unsaturated/α-hetero) is 1. The predicted octanol–water partition coefficient (Wildman–Crippen LogP) is 1.11. The van der Waals surface area contributed by atoms with Gasteiger partial charge in [-0.05, 0) is 35.1 Å². The number of hydrogen-bond acceptors (Lipinski definition) is 8. The standard InChI is InChI=1S/C34H41N7O6S/c35-32(36)27-11-9-23(10-12-27)19-39-33(44)29-14-13-28(42)21-37-18-25-7-4-8-26(17-25)20-38-31(43)16-15-30(34(45)40-29)41-48(46,47)22-24-5-2-1-3-6-24/h1-12,17,29-30,37,41H,13-16,18-22H2,(H3,35,36)(H,38,43)(H,39,44)(H,40,45). The Bertz CT molecular complexity index is 1720. The minimum absolute atomic E-state index is 0.0354. The molecule has 1 aliphatic rings. The first kappa shape index (κ1) is 35.9. The molecule has 254 valence electrons. The normalized spacial score (nSPS) is 18.5. The number of carbonyl (C=O) groups is 4. The molecule has 2 bridgehead atoms. The fourth-order valence-electron chi connectivity index (χ4n) is 5.11. The number of fused-ring (bicyclic) bond motifs is 2. The van der Waals surface area contributed by atoms with E-state index in [0.717, 1.165) is 11.1 Å². The van der Waals surface area contributed by atoms with Crippen molar-refractivity contribution >= 4 is 39.4 Å². The van der Waals surface area contributed by atoms with Crippen LogP contribution in [0.1, 0.15) is 53.5 Å². The van der Waals surface area contributed by atoms with Crippen LogP contribution < -0.4 is 31.7 Å². The summed E-state index contributed by atoms with van der Waals surface area (Å²) in [4.78, 5) is 52.7. The van der Waals surface area contributed by atoms with Gasteiger partial charge in [-0.3, -0.25) is 24.6 Å². The van der Waals surface area contributed by atoms with E-state index in [1.54, 1.807) is 54.6 Å². The molecule has 3 amide bonds. The molecule has 2 unspecified atom stereocenters.